The molecule has 0 aliphatic carbocycles. The molecule has 0 atom stereocenters. The van der Waals surface area contributed by atoms with Crippen LogP contribution in [-0.2, 0) is 27.9 Å². The lowest BCUT2D eigenvalue weighted by Crippen LogP contribution is -2.23. The predicted octanol–water partition coefficient (Wildman–Crippen LogP) is 1.21. The molecule has 9 heteroatoms. The lowest BCUT2D eigenvalue weighted by Gasteiger charge is -2.07. The quantitative estimate of drug-likeness (QED) is 0.664. The molecule has 3 rings (SSSR count). The van der Waals surface area contributed by atoms with Crippen LogP contribution in [0.1, 0.15) is 12.1 Å². The Morgan fingerprint density at radius 2 is 2.08 bits per heavy atom. The Labute approximate surface area is 148 Å². The number of amides is 1. The van der Waals surface area contributed by atoms with E-state index in [1.54, 1.807) is 44.3 Å². The maximum atomic E-state index is 11.8. The third kappa shape index (κ3) is 3.82. The van der Waals surface area contributed by atoms with E-state index in [1.165, 1.54) is 9.25 Å². The summed E-state index contributed by atoms with van der Waals surface area (Å²) in [6.07, 6.45) is -0.0540. The number of nitrogens with one attached hydrogen (secondary N) is 1. The van der Waals surface area contributed by atoms with Gasteiger partial charge in [-0.05, 0) is 19.1 Å². The first-order valence-electron chi connectivity index (χ1n) is 7.98. The van der Waals surface area contributed by atoms with Crippen molar-refractivity contribution in [2.45, 2.75) is 19.9 Å². The summed E-state index contributed by atoms with van der Waals surface area (Å²) in [6, 6.07) is 8.64. The maximum absolute atomic E-state index is 11.8. The van der Waals surface area contributed by atoms with Gasteiger partial charge in [-0.15, -0.1) is 0 Å². The fourth-order valence-corrected chi connectivity index (χ4v) is 2.55. The minimum absolute atomic E-state index is 0.0540. The Morgan fingerprint density at radius 1 is 1.31 bits per heavy atom. The fraction of sp³-hybridized carbons (Fsp3) is 0.294. The van der Waals surface area contributed by atoms with E-state index in [0.29, 0.717) is 16.9 Å². The van der Waals surface area contributed by atoms with Gasteiger partial charge in [-0.25, -0.2) is 4.79 Å². The van der Waals surface area contributed by atoms with Gasteiger partial charge in [-0.2, -0.15) is 5.10 Å². The molecule has 0 unspecified atom stereocenters. The van der Waals surface area contributed by atoms with Crippen molar-refractivity contribution in [3.8, 4) is 0 Å². The standard InChI is InChI=1S/C17H18N4O5/c1-11-9-14(20(2)19-11)18-15(22)10-25-16(23)7-8-21-12-5-3-4-6-13(12)26-17(21)24/h3-6,9H,7-8,10H2,1-2H3,(H,18,22). The number of carbonyl (C=O) groups is 2. The SMILES string of the molecule is Cc1cc(NC(=O)COC(=O)CCn2c(=O)oc3ccccc32)n(C)n1. The van der Waals surface area contributed by atoms with E-state index < -0.39 is 24.2 Å². The van der Waals surface area contributed by atoms with Gasteiger partial charge in [0.05, 0.1) is 17.6 Å². The third-order valence-corrected chi connectivity index (χ3v) is 3.75. The lowest BCUT2D eigenvalue weighted by atomic mass is 10.3. The molecular formula is C17H18N4O5. The van der Waals surface area contributed by atoms with E-state index in [9.17, 15) is 14.4 Å². The number of benzene rings is 1. The largest absolute Gasteiger partial charge is 0.456 e. The summed E-state index contributed by atoms with van der Waals surface area (Å²) < 4.78 is 12.9. The first-order valence-corrected chi connectivity index (χ1v) is 7.98. The van der Waals surface area contributed by atoms with E-state index in [0.717, 1.165) is 5.69 Å². The highest BCUT2D eigenvalue weighted by Crippen LogP contribution is 2.12. The summed E-state index contributed by atoms with van der Waals surface area (Å²) in [6.45, 7) is 1.50. The second kappa shape index (κ2) is 7.26. The molecule has 1 N–H and O–H groups in total. The molecule has 2 heterocycles. The van der Waals surface area contributed by atoms with Gasteiger partial charge in [-0.1, -0.05) is 12.1 Å². The Bertz CT molecular complexity index is 1010. The molecule has 26 heavy (non-hydrogen) atoms. The third-order valence-electron chi connectivity index (χ3n) is 3.75. The molecule has 136 valence electrons. The summed E-state index contributed by atoms with van der Waals surface area (Å²) >= 11 is 0. The van der Waals surface area contributed by atoms with Gasteiger partial charge in [0.2, 0.25) is 0 Å². The van der Waals surface area contributed by atoms with E-state index >= 15 is 0 Å². The minimum Gasteiger partial charge on any atom is -0.456 e. The molecule has 0 saturated carbocycles. The molecule has 0 radical (unpaired) electrons. The molecule has 1 amide bonds. The van der Waals surface area contributed by atoms with Crippen LogP contribution < -0.4 is 11.1 Å². The number of para-hydroxylation sites is 2. The van der Waals surface area contributed by atoms with Crippen molar-refractivity contribution in [2.75, 3.05) is 11.9 Å². The Balaban J connectivity index is 1.51. The zero-order valence-electron chi connectivity index (χ0n) is 14.4. The van der Waals surface area contributed by atoms with Crippen LogP contribution in [0.25, 0.3) is 11.1 Å². The average molecular weight is 358 g/mol. The summed E-state index contributed by atoms with van der Waals surface area (Å²) in [5.41, 5.74) is 1.82. The highest BCUT2D eigenvalue weighted by molar-refractivity contribution is 5.92. The number of ether oxygens (including phenoxy) is 1. The minimum atomic E-state index is -0.585. The van der Waals surface area contributed by atoms with Crippen LogP contribution in [0.2, 0.25) is 0 Å². The van der Waals surface area contributed by atoms with Gasteiger partial charge < -0.3 is 14.5 Å². The lowest BCUT2D eigenvalue weighted by molar-refractivity contribution is -0.147. The molecule has 0 spiro atoms. The summed E-state index contributed by atoms with van der Waals surface area (Å²) in [5, 5.41) is 6.71. The molecule has 0 bridgehead atoms. The average Bonchev–Trinajstić information content (AvgIpc) is 3.09. The topological polar surface area (TPSA) is 108 Å². The molecule has 0 aliphatic rings. The van der Waals surface area contributed by atoms with E-state index in [1.807, 2.05) is 0 Å². The second-order valence-corrected chi connectivity index (χ2v) is 5.74. The molecule has 3 aromatic rings. The van der Waals surface area contributed by atoms with E-state index in [-0.39, 0.29) is 13.0 Å². The van der Waals surface area contributed by atoms with Crippen LogP contribution in [0.15, 0.2) is 39.5 Å². The number of oxazole rings is 1. The zero-order chi connectivity index (χ0) is 18.7. The monoisotopic (exact) mass is 358 g/mol. The number of carbonyl (C=O) groups excluding carboxylic acids is 2. The Hall–Kier alpha value is -3.36. The van der Waals surface area contributed by atoms with Gasteiger partial charge in [0.15, 0.2) is 12.2 Å². The van der Waals surface area contributed by atoms with Crippen molar-refractivity contribution in [2.24, 2.45) is 7.05 Å². The molecule has 9 nitrogen and oxygen atoms in total. The van der Waals surface area contributed by atoms with Gasteiger partial charge in [-0.3, -0.25) is 18.8 Å². The summed E-state index contributed by atoms with van der Waals surface area (Å²) in [5.74, 6) is -1.07. The van der Waals surface area contributed by atoms with Crippen molar-refractivity contribution in [1.29, 1.82) is 0 Å². The van der Waals surface area contributed by atoms with Gasteiger partial charge in [0, 0.05) is 19.7 Å². The highest BCUT2D eigenvalue weighted by atomic mass is 16.5. The normalized spacial score (nSPS) is 10.8. The fourth-order valence-electron chi connectivity index (χ4n) is 2.55. The molecule has 0 saturated heterocycles. The molecule has 0 fully saturated rings. The van der Waals surface area contributed by atoms with Crippen molar-refractivity contribution in [3.05, 3.63) is 46.6 Å². The van der Waals surface area contributed by atoms with Crippen molar-refractivity contribution < 1.29 is 18.7 Å². The summed E-state index contributed by atoms with van der Waals surface area (Å²) in [7, 11) is 1.70. The number of nitrogens with zero attached hydrogens (tertiary/aromatic N) is 3. The van der Waals surface area contributed by atoms with Crippen LogP contribution >= 0.6 is 0 Å². The van der Waals surface area contributed by atoms with E-state index in [2.05, 4.69) is 10.4 Å². The smallest absolute Gasteiger partial charge is 0.419 e. The van der Waals surface area contributed by atoms with Crippen LogP contribution in [0.5, 0.6) is 0 Å². The molecular weight excluding hydrogens is 340 g/mol. The number of fused-ring (bicyclic) bond motifs is 1. The van der Waals surface area contributed by atoms with Crippen LogP contribution in [0, 0.1) is 6.92 Å². The first-order chi connectivity index (χ1) is 12.4. The maximum Gasteiger partial charge on any atom is 0.419 e. The van der Waals surface area contributed by atoms with Crippen molar-refractivity contribution in [3.63, 3.8) is 0 Å². The second-order valence-electron chi connectivity index (χ2n) is 5.74. The molecule has 1 aromatic carbocycles. The number of hydrogen-bond donors (Lipinski definition) is 1. The van der Waals surface area contributed by atoms with E-state index in [4.69, 9.17) is 9.15 Å². The number of aromatic nitrogens is 3. The number of aryl methyl sites for hydroxylation is 3. The van der Waals surface area contributed by atoms with Gasteiger partial charge in [0.25, 0.3) is 5.91 Å². The van der Waals surface area contributed by atoms with Crippen LogP contribution in [-0.4, -0.2) is 32.8 Å². The summed E-state index contributed by atoms with van der Waals surface area (Å²) in [4.78, 5) is 35.5. The number of esters is 1. The van der Waals surface area contributed by atoms with Gasteiger partial charge in [0.1, 0.15) is 5.82 Å². The number of hydrogen-bond acceptors (Lipinski definition) is 6. The van der Waals surface area contributed by atoms with Gasteiger partial charge >= 0.3 is 11.7 Å². The number of anilines is 1. The molecule has 0 aliphatic heterocycles. The Morgan fingerprint density at radius 3 is 2.81 bits per heavy atom. The molecule has 2 aromatic heterocycles. The zero-order valence-corrected chi connectivity index (χ0v) is 14.4. The van der Waals surface area contributed by atoms with Crippen LogP contribution in [0.3, 0.4) is 0 Å². The Kier molecular flexibility index (Phi) is 4.87. The number of rotatable bonds is 6. The highest BCUT2D eigenvalue weighted by Gasteiger charge is 2.13. The van der Waals surface area contributed by atoms with Crippen LogP contribution in [0.4, 0.5) is 5.82 Å². The predicted molar refractivity (Wildman–Crippen MR) is 92.6 cm³/mol. The van der Waals surface area contributed by atoms with Crippen molar-refractivity contribution in [1.82, 2.24) is 14.3 Å². The first kappa shape index (κ1) is 17.5. The van der Waals surface area contributed by atoms with Crippen molar-refractivity contribution >= 4 is 28.8 Å².